The van der Waals surface area contributed by atoms with E-state index in [-0.39, 0.29) is 37.0 Å². The fourth-order valence-corrected chi connectivity index (χ4v) is 4.56. The molecule has 2 amide bonds. The summed E-state index contributed by atoms with van der Waals surface area (Å²) < 4.78 is 0. The zero-order valence-corrected chi connectivity index (χ0v) is 17.3. The van der Waals surface area contributed by atoms with Crippen molar-refractivity contribution in [2.75, 3.05) is 25.0 Å². The molecule has 0 aliphatic carbocycles. The third-order valence-corrected chi connectivity index (χ3v) is 6.18. The lowest BCUT2D eigenvalue weighted by Gasteiger charge is -2.25. The minimum atomic E-state index is -0.347. The highest BCUT2D eigenvalue weighted by atomic mass is 32.1. The number of aromatic nitrogens is 2. The summed E-state index contributed by atoms with van der Waals surface area (Å²) in [5.74, 6) is 0.434. The van der Waals surface area contributed by atoms with Gasteiger partial charge in [0.1, 0.15) is 23.0 Å². The summed E-state index contributed by atoms with van der Waals surface area (Å²) in [7, 11) is 0. The van der Waals surface area contributed by atoms with Crippen LogP contribution in [0.3, 0.4) is 0 Å². The second kappa shape index (κ2) is 8.83. The van der Waals surface area contributed by atoms with Gasteiger partial charge in [-0.3, -0.25) is 9.59 Å². The highest BCUT2D eigenvalue weighted by Crippen LogP contribution is 2.34. The van der Waals surface area contributed by atoms with Crippen molar-refractivity contribution in [3.63, 3.8) is 0 Å². The Morgan fingerprint density at radius 1 is 1.43 bits per heavy atom. The topological polar surface area (TPSA) is 107 Å². The van der Waals surface area contributed by atoms with Crippen LogP contribution in [0.2, 0.25) is 0 Å². The Morgan fingerprint density at radius 3 is 2.93 bits per heavy atom. The van der Waals surface area contributed by atoms with E-state index in [4.69, 9.17) is 0 Å². The van der Waals surface area contributed by atoms with Crippen LogP contribution in [0.15, 0.2) is 6.33 Å². The van der Waals surface area contributed by atoms with Gasteiger partial charge in [-0.25, -0.2) is 9.97 Å². The first-order chi connectivity index (χ1) is 13.4. The molecule has 0 bridgehead atoms. The molecule has 3 N–H and O–H groups in total. The number of thiophene rings is 1. The molecule has 1 fully saturated rings. The first-order valence-corrected chi connectivity index (χ1v) is 10.5. The van der Waals surface area contributed by atoms with Gasteiger partial charge in [0, 0.05) is 19.1 Å². The average molecular weight is 406 g/mol. The van der Waals surface area contributed by atoms with Crippen molar-refractivity contribution in [3.8, 4) is 0 Å². The molecule has 0 aromatic carbocycles. The molecular weight excluding hydrogens is 378 g/mol. The number of hydrogen-bond acceptors (Lipinski definition) is 7. The number of nitrogens with one attached hydrogen (secondary N) is 2. The maximum Gasteiger partial charge on any atom is 0.264 e. The van der Waals surface area contributed by atoms with Gasteiger partial charge in [0.2, 0.25) is 5.91 Å². The Morgan fingerprint density at radius 2 is 2.21 bits per heavy atom. The van der Waals surface area contributed by atoms with Crippen molar-refractivity contribution >= 4 is 39.2 Å². The predicted molar refractivity (Wildman–Crippen MR) is 110 cm³/mol. The number of aliphatic hydroxyl groups is 1. The second-order valence-corrected chi connectivity index (χ2v) is 8.26. The third-order valence-electron chi connectivity index (χ3n) is 4.99. The number of anilines is 1. The molecule has 28 heavy (non-hydrogen) atoms. The van der Waals surface area contributed by atoms with Gasteiger partial charge in [-0.15, -0.1) is 11.3 Å². The summed E-state index contributed by atoms with van der Waals surface area (Å²) in [5, 5.41) is 16.3. The number of hydrogen-bond donors (Lipinski definition) is 3. The van der Waals surface area contributed by atoms with E-state index in [0.29, 0.717) is 22.1 Å². The number of carbonyl (C=O) groups excluding carboxylic acids is 2. The van der Waals surface area contributed by atoms with Crippen LogP contribution in [0, 0.1) is 6.92 Å². The van der Waals surface area contributed by atoms with Crippen LogP contribution >= 0.6 is 11.3 Å². The van der Waals surface area contributed by atoms with Crippen LogP contribution < -0.4 is 10.6 Å². The van der Waals surface area contributed by atoms with E-state index < -0.39 is 0 Å². The molecular formula is C19H27N5O3S. The van der Waals surface area contributed by atoms with Crippen molar-refractivity contribution in [1.82, 2.24) is 20.2 Å². The van der Waals surface area contributed by atoms with Crippen molar-refractivity contribution in [2.45, 2.75) is 52.1 Å². The normalized spacial score (nSPS) is 17.5. The molecule has 0 radical (unpaired) electrons. The number of amides is 2. The number of nitrogens with zero attached hydrogens (tertiary/aromatic N) is 3. The fourth-order valence-electron chi connectivity index (χ4n) is 3.46. The van der Waals surface area contributed by atoms with E-state index in [2.05, 4.69) is 20.6 Å². The molecule has 3 heterocycles. The fraction of sp³-hybridized carbons (Fsp3) is 0.579. The molecule has 2 aromatic heterocycles. The first kappa shape index (κ1) is 20.5. The lowest BCUT2D eigenvalue weighted by Crippen LogP contribution is -2.39. The minimum absolute atomic E-state index is 0.0253. The molecule has 1 aliphatic heterocycles. The smallest absolute Gasteiger partial charge is 0.264 e. The lowest BCUT2D eigenvalue weighted by molar-refractivity contribution is -0.121. The van der Waals surface area contributed by atoms with Gasteiger partial charge in [-0.2, -0.15) is 0 Å². The summed E-state index contributed by atoms with van der Waals surface area (Å²) in [6.45, 7) is 6.62. The van der Waals surface area contributed by atoms with E-state index in [1.54, 1.807) is 4.90 Å². The number of carbonyl (C=O) groups is 2. The van der Waals surface area contributed by atoms with Crippen molar-refractivity contribution in [2.24, 2.45) is 0 Å². The molecule has 3 rings (SSSR count). The Balaban J connectivity index is 1.96. The number of aliphatic hydroxyl groups excluding tert-OH is 1. The number of aryl methyl sites for hydroxylation is 1. The van der Waals surface area contributed by atoms with Crippen LogP contribution in [0.4, 0.5) is 5.82 Å². The van der Waals surface area contributed by atoms with Gasteiger partial charge in [-0.1, -0.05) is 0 Å². The zero-order valence-electron chi connectivity index (χ0n) is 16.5. The molecule has 9 heteroatoms. The van der Waals surface area contributed by atoms with Gasteiger partial charge < -0.3 is 20.6 Å². The van der Waals surface area contributed by atoms with E-state index in [1.165, 1.54) is 17.7 Å². The van der Waals surface area contributed by atoms with Crippen LogP contribution in [-0.4, -0.2) is 63.6 Å². The van der Waals surface area contributed by atoms with Crippen LogP contribution in [0.5, 0.6) is 0 Å². The molecule has 8 nitrogen and oxygen atoms in total. The minimum Gasteiger partial charge on any atom is -0.395 e. The number of rotatable bonds is 6. The lowest BCUT2D eigenvalue weighted by atomic mass is 10.1. The standard InChI is InChI=1S/C19H27N5O3S/c1-11(2)24(8-9-25)19(27)15-12(3)14-16(21-10-22-18(14)28-15)23-13-6-4-5-7-20-17(13)26/h10-11,13,25H,4-9H2,1-3H3,(H,20,26)(H,21,22,23)/t13-/m0/s1. The van der Waals surface area contributed by atoms with Gasteiger partial charge in [0.15, 0.2) is 0 Å². The Bertz CT molecular complexity index is 867. The summed E-state index contributed by atoms with van der Waals surface area (Å²) in [6.07, 6.45) is 4.12. The molecule has 1 aliphatic rings. The van der Waals surface area contributed by atoms with E-state index in [9.17, 15) is 14.7 Å². The predicted octanol–water partition coefficient (Wildman–Crippen LogP) is 1.92. The molecule has 0 spiro atoms. The van der Waals surface area contributed by atoms with Crippen LogP contribution in [0.25, 0.3) is 10.2 Å². The maximum atomic E-state index is 13.1. The highest BCUT2D eigenvalue weighted by molar-refractivity contribution is 7.20. The molecule has 1 atom stereocenters. The van der Waals surface area contributed by atoms with Gasteiger partial charge in [0.05, 0.1) is 16.9 Å². The third kappa shape index (κ3) is 4.10. The molecule has 152 valence electrons. The van der Waals surface area contributed by atoms with Crippen LogP contribution in [0.1, 0.15) is 48.3 Å². The Hall–Kier alpha value is -2.26. The van der Waals surface area contributed by atoms with Gasteiger partial charge in [-0.05, 0) is 45.6 Å². The van der Waals surface area contributed by atoms with Gasteiger partial charge in [0.25, 0.3) is 5.91 Å². The van der Waals surface area contributed by atoms with Crippen molar-refractivity contribution in [1.29, 1.82) is 0 Å². The van der Waals surface area contributed by atoms with E-state index in [0.717, 1.165) is 30.2 Å². The first-order valence-electron chi connectivity index (χ1n) is 9.64. The van der Waals surface area contributed by atoms with Crippen molar-refractivity contribution < 1.29 is 14.7 Å². The van der Waals surface area contributed by atoms with E-state index >= 15 is 0 Å². The summed E-state index contributed by atoms with van der Waals surface area (Å²) in [5.41, 5.74) is 0.797. The largest absolute Gasteiger partial charge is 0.395 e. The molecule has 1 saturated heterocycles. The molecule has 0 unspecified atom stereocenters. The monoisotopic (exact) mass is 405 g/mol. The Kier molecular flexibility index (Phi) is 6.46. The molecule has 0 saturated carbocycles. The number of fused-ring (bicyclic) bond motifs is 1. The Labute approximate surface area is 168 Å². The SMILES string of the molecule is Cc1c(C(=O)N(CCO)C(C)C)sc2ncnc(N[C@H]3CCCCNC3=O)c12. The molecule has 2 aromatic rings. The van der Waals surface area contributed by atoms with Crippen molar-refractivity contribution in [3.05, 3.63) is 16.8 Å². The highest BCUT2D eigenvalue weighted by Gasteiger charge is 2.27. The maximum absolute atomic E-state index is 13.1. The zero-order chi connectivity index (χ0) is 20.3. The quantitative estimate of drug-likeness (QED) is 0.678. The van der Waals surface area contributed by atoms with Gasteiger partial charge >= 0.3 is 0 Å². The average Bonchev–Trinajstić information content (AvgIpc) is 2.88. The second-order valence-electron chi connectivity index (χ2n) is 7.26. The summed E-state index contributed by atoms with van der Waals surface area (Å²) in [4.78, 5) is 37.0. The summed E-state index contributed by atoms with van der Waals surface area (Å²) in [6, 6.07) is -0.372. The van der Waals surface area contributed by atoms with E-state index in [1.807, 2.05) is 20.8 Å². The summed E-state index contributed by atoms with van der Waals surface area (Å²) >= 11 is 1.32. The van der Waals surface area contributed by atoms with Crippen LogP contribution in [-0.2, 0) is 4.79 Å².